The van der Waals surface area contributed by atoms with Crippen molar-refractivity contribution in [3.63, 3.8) is 0 Å². The van der Waals surface area contributed by atoms with Crippen molar-refractivity contribution in [3.8, 4) is 0 Å². The Morgan fingerprint density at radius 2 is 1.79 bits per heavy atom. The maximum atomic E-state index is 13.6. The lowest BCUT2D eigenvalue weighted by Gasteiger charge is -2.48. The number of aliphatic hydroxyl groups is 2. The number of fused-ring (bicyclic) bond motifs is 3. The number of epoxide rings is 1. The van der Waals surface area contributed by atoms with Crippen LogP contribution in [-0.2, 0) is 39.7 Å². The standard InChI is InChI=1S/C31H36N2O9/c1-17(34)40-16-29(38)15-30-28(4)22(14-21(27(28,2)3)31(30,42-30)20-9-7-6-8-19(20)29)41-25(36)24(35)23(33-26(37)39-5)18-10-12-32-13-11-18/h6-13,21-24,35,38H,14-16H2,1-5H3,(H,33,37)/t21?,22?,23-,24+,28?,29-,30-,31+/m0/s1. The third-order valence-electron chi connectivity index (χ3n) is 10.8. The fourth-order valence-electron chi connectivity index (χ4n) is 8.56. The molecule has 2 heterocycles. The van der Waals surface area contributed by atoms with Gasteiger partial charge in [0.05, 0.1) is 13.2 Å². The summed E-state index contributed by atoms with van der Waals surface area (Å²) in [5.74, 6) is -1.48. The largest absolute Gasteiger partial charge is 0.462 e. The van der Waals surface area contributed by atoms with E-state index in [-0.39, 0.29) is 18.9 Å². The van der Waals surface area contributed by atoms with Crippen LogP contribution in [0.4, 0.5) is 4.79 Å². The van der Waals surface area contributed by atoms with Gasteiger partial charge < -0.3 is 34.5 Å². The van der Waals surface area contributed by atoms with E-state index in [1.54, 1.807) is 12.1 Å². The number of carbonyl (C=O) groups is 3. The monoisotopic (exact) mass is 580 g/mol. The molecule has 6 rings (SSSR count). The maximum Gasteiger partial charge on any atom is 0.407 e. The van der Waals surface area contributed by atoms with Gasteiger partial charge >= 0.3 is 18.0 Å². The highest BCUT2D eigenvalue weighted by Gasteiger charge is 2.96. The maximum absolute atomic E-state index is 13.6. The molecule has 3 aliphatic carbocycles. The molecule has 2 saturated carbocycles. The van der Waals surface area contributed by atoms with E-state index in [0.29, 0.717) is 17.5 Å². The molecule has 1 aliphatic heterocycles. The Hall–Kier alpha value is -3.54. The highest BCUT2D eigenvalue weighted by molar-refractivity contribution is 5.78. The van der Waals surface area contributed by atoms with E-state index in [1.165, 1.54) is 26.4 Å². The van der Waals surface area contributed by atoms with Crippen molar-refractivity contribution < 1.29 is 43.5 Å². The molecule has 1 aromatic carbocycles. The third-order valence-corrected chi connectivity index (χ3v) is 10.8. The number of esters is 2. The molecule has 3 unspecified atom stereocenters. The van der Waals surface area contributed by atoms with Crippen LogP contribution >= 0.6 is 0 Å². The first kappa shape index (κ1) is 28.6. The van der Waals surface area contributed by atoms with Gasteiger partial charge in [-0.1, -0.05) is 45.0 Å². The molecule has 224 valence electrons. The summed E-state index contributed by atoms with van der Waals surface area (Å²) in [5.41, 5.74) is -2.35. The van der Waals surface area contributed by atoms with E-state index in [4.69, 9.17) is 18.9 Å². The van der Waals surface area contributed by atoms with E-state index in [9.17, 15) is 24.6 Å². The Bertz CT molecular complexity index is 1450. The molecule has 3 N–H and O–H groups in total. The molecule has 11 heteroatoms. The Balaban J connectivity index is 1.34. The number of rotatable bonds is 7. The molecule has 4 aliphatic rings. The van der Waals surface area contributed by atoms with Gasteiger partial charge in [-0.2, -0.15) is 0 Å². The number of aliphatic hydroxyl groups excluding tert-OH is 1. The van der Waals surface area contributed by atoms with E-state index in [1.807, 2.05) is 31.2 Å². The summed E-state index contributed by atoms with van der Waals surface area (Å²) >= 11 is 0. The van der Waals surface area contributed by atoms with E-state index in [2.05, 4.69) is 24.1 Å². The second kappa shape index (κ2) is 9.23. The zero-order valence-electron chi connectivity index (χ0n) is 24.2. The Kier molecular flexibility index (Phi) is 6.28. The van der Waals surface area contributed by atoms with Gasteiger partial charge in [0.1, 0.15) is 29.5 Å². The molecule has 1 aromatic heterocycles. The number of alkyl carbamates (subject to hydrolysis) is 1. The van der Waals surface area contributed by atoms with Crippen LogP contribution in [0.5, 0.6) is 0 Å². The molecule has 8 atom stereocenters. The first-order valence-corrected chi connectivity index (χ1v) is 14.1. The summed E-state index contributed by atoms with van der Waals surface area (Å²) < 4.78 is 22.9. The number of hydrogen-bond donors (Lipinski definition) is 3. The summed E-state index contributed by atoms with van der Waals surface area (Å²) in [7, 11) is 1.19. The van der Waals surface area contributed by atoms with Crippen molar-refractivity contribution in [3.05, 3.63) is 65.5 Å². The topological polar surface area (TPSA) is 157 Å². The van der Waals surface area contributed by atoms with Crippen LogP contribution in [0.15, 0.2) is 48.8 Å². The SMILES string of the molecule is COC(=O)N[C@@H](c1ccncc1)[C@@H](O)C(=O)OC1CC2C(C)(C)C1(C)[C@@]13C[C@](O)(COC(C)=O)c4ccccc4[C@@]21O3. The Morgan fingerprint density at radius 3 is 2.43 bits per heavy atom. The molecule has 0 radical (unpaired) electrons. The van der Waals surface area contributed by atoms with Crippen molar-refractivity contribution in [1.29, 1.82) is 0 Å². The number of benzene rings is 1. The van der Waals surface area contributed by atoms with Crippen LogP contribution < -0.4 is 5.32 Å². The number of hydrogen-bond acceptors (Lipinski definition) is 10. The first-order valence-electron chi connectivity index (χ1n) is 14.1. The summed E-state index contributed by atoms with van der Waals surface area (Å²) in [6.45, 7) is 7.32. The van der Waals surface area contributed by atoms with Crippen molar-refractivity contribution in [2.45, 2.75) is 75.6 Å². The average Bonchev–Trinajstić information content (AvgIpc) is 3.59. The second-order valence-corrected chi connectivity index (χ2v) is 12.7. The lowest BCUT2D eigenvalue weighted by molar-refractivity contribution is -0.177. The fourth-order valence-corrected chi connectivity index (χ4v) is 8.56. The second-order valence-electron chi connectivity index (χ2n) is 12.7. The number of pyridine rings is 1. The summed E-state index contributed by atoms with van der Waals surface area (Å²) in [4.78, 5) is 41.4. The fraction of sp³-hybridized carbons (Fsp3) is 0.548. The van der Waals surface area contributed by atoms with Crippen LogP contribution in [0.25, 0.3) is 0 Å². The summed E-state index contributed by atoms with van der Waals surface area (Å²) in [6, 6.07) is 9.57. The number of nitrogens with zero attached hydrogens (tertiary/aromatic N) is 1. The lowest BCUT2D eigenvalue weighted by Crippen LogP contribution is -2.57. The van der Waals surface area contributed by atoms with Gasteiger partial charge in [0.2, 0.25) is 0 Å². The van der Waals surface area contributed by atoms with Crippen LogP contribution in [0.1, 0.15) is 63.3 Å². The number of carbonyl (C=O) groups excluding carboxylic acids is 3. The highest BCUT2D eigenvalue weighted by Crippen LogP contribution is 2.89. The minimum Gasteiger partial charge on any atom is -0.462 e. The zero-order chi connectivity index (χ0) is 30.3. The zero-order valence-corrected chi connectivity index (χ0v) is 24.2. The molecular formula is C31H36N2O9. The molecular weight excluding hydrogens is 544 g/mol. The molecule has 3 fully saturated rings. The van der Waals surface area contributed by atoms with Crippen molar-refractivity contribution in [2.24, 2.45) is 16.7 Å². The number of ether oxygens (including phenoxy) is 4. The number of nitrogens with one attached hydrogen (secondary N) is 1. The molecule has 2 aromatic rings. The van der Waals surface area contributed by atoms with Gasteiger partial charge in [0.25, 0.3) is 0 Å². The van der Waals surface area contributed by atoms with E-state index in [0.717, 1.165) is 5.56 Å². The first-order chi connectivity index (χ1) is 19.8. The molecule has 0 spiro atoms. The predicted octanol–water partition coefficient (Wildman–Crippen LogP) is 2.64. The van der Waals surface area contributed by atoms with Crippen LogP contribution in [0.3, 0.4) is 0 Å². The van der Waals surface area contributed by atoms with Crippen molar-refractivity contribution >= 4 is 18.0 Å². The minimum atomic E-state index is -1.74. The van der Waals surface area contributed by atoms with Crippen LogP contribution in [0.2, 0.25) is 0 Å². The van der Waals surface area contributed by atoms with Gasteiger partial charge in [-0.3, -0.25) is 9.78 Å². The van der Waals surface area contributed by atoms with Gasteiger partial charge in [-0.15, -0.1) is 0 Å². The lowest BCUT2D eigenvalue weighted by atomic mass is 9.57. The van der Waals surface area contributed by atoms with Gasteiger partial charge in [-0.25, -0.2) is 9.59 Å². The average molecular weight is 581 g/mol. The van der Waals surface area contributed by atoms with Crippen LogP contribution in [0, 0.1) is 16.7 Å². The van der Waals surface area contributed by atoms with Gasteiger partial charge in [-0.05, 0) is 40.7 Å². The smallest absolute Gasteiger partial charge is 0.407 e. The van der Waals surface area contributed by atoms with Gasteiger partial charge in [0.15, 0.2) is 6.10 Å². The molecule has 11 nitrogen and oxygen atoms in total. The normalized spacial score (nSPS) is 36.0. The van der Waals surface area contributed by atoms with Crippen molar-refractivity contribution in [2.75, 3.05) is 13.7 Å². The minimum absolute atomic E-state index is 0.0754. The molecule has 42 heavy (non-hydrogen) atoms. The molecule has 2 bridgehead atoms. The number of methoxy groups -OCH3 is 1. The van der Waals surface area contributed by atoms with Crippen LogP contribution in [-0.4, -0.2) is 64.8 Å². The predicted molar refractivity (Wildman–Crippen MR) is 145 cm³/mol. The van der Waals surface area contributed by atoms with E-state index >= 15 is 0 Å². The Morgan fingerprint density at radius 1 is 1.12 bits per heavy atom. The van der Waals surface area contributed by atoms with Gasteiger partial charge in [0, 0.05) is 37.1 Å². The molecule has 1 saturated heterocycles. The molecule has 1 amide bonds. The Labute approximate surface area is 243 Å². The number of aromatic nitrogens is 1. The quantitative estimate of drug-likeness (QED) is 0.253. The third kappa shape index (κ3) is 3.50. The summed E-state index contributed by atoms with van der Waals surface area (Å²) in [6.07, 6.45) is 0.355. The summed E-state index contributed by atoms with van der Waals surface area (Å²) in [5, 5.41) is 25.7. The van der Waals surface area contributed by atoms with Crippen molar-refractivity contribution in [1.82, 2.24) is 10.3 Å². The number of amides is 1. The highest BCUT2D eigenvalue weighted by atomic mass is 16.6. The van der Waals surface area contributed by atoms with E-state index < -0.39 is 63.9 Å².